The van der Waals surface area contributed by atoms with Gasteiger partial charge in [-0.1, -0.05) is 25.3 Å². The summed E-state index contributed by atoms with van der Waals surface area (Å²) in [5.41, 5.74) is 2.58. The molecule has 0 bridgehead atoms. The molecule has 6 nitrogen and oxygen atoms in total. The van der Waals surface area contributed by atoms with E-state index in [0.717, 1.165) is 25.7 Å². The van der Waals surface area contributed by atoms with Gasteiger partial charge in [-0.2, -0.15) is 5.10 Å². The summed E-state index contributed by atoms with van der Waals surface area (Å²) in [6.45, 7) is 1.80. The van der Waals surface area contributed by atoms with E-state index in [1.165, 1.54) is 6.42 Å². The van der Waals surface area contributed by atoms with Crippen LogP contribution in [0.3, 0.4) is 0 Å². The van der Waals surface area contributed by atoms with E-state index in [9.17, 15) is 9.59 Å². The molecule has 0 radical (unpaired) electrons. The molecule has 2 N–H and O–H groups in total. The Kier molecular flexibility index (Phi) is 5.16. The highest BCUT2D eigenvalue weighted by Gasteiger charge is 2.21. The molecular weight excluding hydrogens is 316 g/mol. The highest BCUT2D eigenvalue weighted by Crippen LogP contribution is 2.25. The maximum atomic E-state index is 12.4. The van der Waals surface area contributed by atoms with E-state index >= 15 is 0 Å². The molecule has 0 aliphatic heterocycles. The molecule has 0 atom stereocenters. The third-order valence-corrected chi connectivity index (χ3v) is 4.62. The van der Waals surface area contributed by atoms with Crippen LogP contribution in [0, 0.1) is 12.8 Å². The van der Waals surface area contributed by atoms with Gasteiger partial charge in [0.25, 0.3) is 5.91 Å². The molecule has 2 aromatic rings. The molecule has 25 heavy (non-hydrogen) atoms. The van der Waals surface area contributed by atoms with Crippen LogP contribution in [0.25, 0.3) is 0 Å². The maximum absolute atomic E-state index is 12.4. The van der Waals surface area contributed by atoms with Crippen LogP contribution in [0.4, 0.5) is 11.4 Å². The number of rotatable bonds is 4. The number of hydrogen-bond acceptors (Lipinski definition) is 3. The van der Waals surface area contributed by atoms with Gasteiger partial charge in [0.05, 0.1) is 11.3 Å². The molecule has 132 valence electrons. The number of benzene rings is 1. The van der Waals surface area contributed by atoms with E-state index in [1.54, 1.807) is 37.0 Å². The van der Waals surface area contributed by atoms with Crippen molar-refractivity contribution in [2.24, 2.45) is 13.0 Å². The first-order valence-corrected chi connectivity index (χ1v) is 8.75. The molecule has 3 rings (SSSR count). The second kappa shape index (κ2) is 7.51. The fourth-order valence-corrected chi connectivity index (χ4v) is 3.30. The van der Waals surface area contributed by atoms with Crippen LogP contribution in [0.5, 0.6) is 0 Å². The maximum Gasteiger partial charge on any atom is 0.259 e. The molecule has 0 saturated heterocycles. The van der Waals surface area contributed by atoms with Gasteiger partial charge < -0.3 is 10.6 Å². The number of nitrogens with zero attached hydrogens (tertiary/aromatic N) is 2. The Balaban J connectivity index is 1.65. The standard InChI is InChI=1S/C19H24N4O2/c1-13-17(12-23(2)22-13)19(25)21-16-10-6-9-15(11-16)20-18(24)14-7-4-3-5-8-14/h6,9-12,14H,3-5,7-8H2,1-2H3,(H,20,24)(H,21,25). The van der Waals surface area contributed by atoms with Crippen molar-refractivity contribution in [2.45, 2.75) is 39.0 Å². The third-order valence-electron chi connectivity index (χ3n) is 4.62. The monoisotopic (exact) mass is 340 g/mol. The molecule has 6 heteroatoms. The molecule has 1 aromatic heterocycles. The summed E-state index contributed by atoms with van der Waals surface area (Å²) in [5, 5.41) is 10.0. The summed E-state index contributed by atoms with van der Waals surface area (Å²) >= 11 is 0. The van der Waals surface area contributed by atoms with Crippen LogP contribution in [0.1, 0.15) is 48.2 Å². The third kappa shape index (κ3) is 4.26. The Morgan fingerprint density at radius 2 is 1.80 bits per heavy atom. The average Bonchev–Trinajstić information content (AvgIpc) is 2.94. The van der Waals surface area contributed by atoms with Crippen LogP contribution < -0.4 is 10.6 Å². The first kappa shape index (κ1) is 17.2. The van der Waals surface area contributed by atoms with Crippen LogP contribution in [-0.2, 0) is 11.8 Å². The van der Waals surface area contributed by atoms with Gasteiger partial charge in [-0.05, 0) is 38.0 Å². The Morgan fingerprint density at radius 1 is 1.12 bits per heavy atom. The number of aryl methyl sites for hydroxylation is 2. The van der Waals surface area contributed by atoms with Crippen molar-refractivity contribution < 1.29 is 9.59 Å². The smallest absolute Gasteiger partial charge is 0.259 e. The fraction of sp³-hybridized carbons (Fsp3) is 0.421. The molecule has 2 amide bonds. The second-order valence-electron chi connectivity index (χ2n) is 6.66. The van der Waals surface area contributed by atoms with Crippen LogP contribution in [0.2, 0.25) is 0 Å². The summed E-state index contributed by atoms with van der Waals surface area (Å²) in [6, 6.07) is 7.25. The van der Waals surface area contributed by atoms with Gasteiger partial charge in [-0.25, -0.2) is 0 Å². The van der Waals surface area contributed by atoms with E-state index in [1.807, 2.05) is 12.1 Å². The molecule has 1 aromatic carbocycles. The van der Waals surface area contributed by atoms with Crippen molar-refractivity contribution in [2.75, 3.05) is 10.6 Å². The van der Waals surface area contributed by atoms with Crippen LogP contribution in [-0.4, -0.2) is 21.6 Å². The zero-order valence-corrected chi connectivity index (χ0v) is 14.7. The summed E-state index contributed by atoms with van der Waals surface area (Å²) in [4.78, 5) is 24.7. The van der Waals surface area contributed by atoms with Crippen molar-refractivity contribution >= 4 is 23.2 Å². The molecule has 1 heterocycles. The summed E-state index contributed by atoms with van der Waals surface area (Å²) in [6.07, 6.45) is 7.08. The summed E-state index contributed by atoms with van der Waals surface area (Å²) in [7, 11) is 1.78. The Bertz CT molecular complexity index is 775. The van der Waals surface area contributed by atoms with Crippen molar-refractivity contribution in [3.63, 3.8) is 0 Å². The van der Waals surface area contributed by atoms with Crippen molar-refractivity contribution in [1.82, 2.24) is 9.78 Å². The van der Waals surface area contributed by atoms with Gasteiger partial charge in [-0.15, -0.1) is 0 Å². The minimum Gasteiger partial charge on any atom is -0.326 e. The minimum atomic E-state index is -0.207. The molecule has 1 saturated carbocycles. The lowest BCUT2D eigenvalue weighted by atomic mass is 9.88. The van der Waals surface area contributed by atoms with Gasteiger partial charge in [0.2, 0.25) is 5.91 Å². The van der Waals surface area contributed by atoms with Gasteiger partial charge in [-0.3, -0.25) is 14.3 Å². The second-order valence-corrected chi connectivity index (χ2v) is 6.66. The zero-order chi connectivity index (χ0) is 17.8. The van der Waals surface area contributed by atoms with E-state index < -0.39 is 0 Å². The number of aromatic nitrogens is 2. The number of carbonyl (C=O) groups is 2. The van der Waals surface area contributed by atoms with Gasteiger partial charge >= 0.3 is 0 Å². The topological polar surface area (TPSA) is 76.0 Å². The normalized spacial score (nSPS) is 15.0. The van der Waals surface area contributed by atoms with E-state index in [4.69, 9.17) is 0 Å². The Labute approximate surface area is 147 Å². The average molecular weight is 340 g/mol. The number of hydrogen-bond donors (Lipinski definition) is 2. The number of nitrogens with one attached hydrogen (secondary N) is 2. The molecule has 0 spiro atoms. The lowest BCUT2D eigenvalue weighted by Crippen LogP contribution is -2.24. The van der Waals surface area contributed by atoms with Crippen LogP contribution in [0.15, 0.2) is 30.5 Å². The number of anilines is 2. The predicted molar refractivity (Wildman–Crippen MR) is 97.5 cm³/mol. The molecule has 1 fully saturated rings. The first-order chi connectivity index (χ1) is 12.0. The van der Waals surface area contributed by atoms with Gasteiger partial charge in [0.15, 0.2) is 0 Å². The van der Waals surface area contributed by atoms with Crippen molar-refractivity contribution in [1.29, 1.82) is 0 Å². The van der Waals surface area contributed by atoms with E-state index in [0.29, 0.717) is 22.6 Å². The largest absolute Gasteiger partial charge is 0.326 e. The zero-order valence-electron chi connectivity index (χ0n) is 14.7. The van der Waals surface area contributed by atoms with Crippen LogP contribution >= 0.6 is 0 Å². The lowest BCUT2D eigenvalue weighted by molar-refractivity contribution is -0.120. The molecule has 0 unspecified atom stereocenters. The molecule has 1 aliphatic carbocycles. The summed E-state index contributed by atoms with van der Waals surface area (Å²) in [5.74, 6) is -0.0299. The molecular formula is C19H24N4O2. The van der Waals surface area contributed by atoms with Crippen molar-refractivity contribution in [3.8, 4) is 0 Å². The highest BCUT2D eigenvalue weighted by atomic mass is 16.2. The minimum absolute atomic E-state index is 0.0753. The first-order valence-electron chi connectivity index (χ1n) is 8.75. The predicted octanol–water partition coefficient (Wildman–Crippen LogP) is 3.50. The highest BCUT2D eigenvalue weighted by molar-refractivity contribution is 6.05. The number of carbonyl (C=O) groups excluding carboxylic acids is 2. The van der Waals surface area contributed by atoms with Crippen molar-refractivity contribution in [3.05, 3.63) is 41.7 Å². The Hall–Kier alpha value is -2.63. The van der Waals surface area contributed by atoms with E-state index in [2.05, 4.69) is 15.7 Å². The molecule has 1 aliphatic rings. The quantitative estimate of drug-likeness (QED) is 0.894. The Morgan fingerprint density at radius 3 is 2.44 bits per heavy atom. The lowest BCUT2D eigenvalue weighted by Gasteiger charge is -2.20. The number of amides is 2. The fourth-order valence-electron chi connectivity index (χ4n) is 3.30. The van der Waals surface area contributed by atoms with Gasteiger partial charge in [0.1, 0.15) is 0 Å². The van der Waals surface area contributed by atoms with Gasteiger partial charge in [0, 0.05) is 30.5 Å². The SMILES string of the molecule is Cc1nn(C)cc1C(=O)Nc1cccc(NC(=O)C2CCCCC2)c1. The summed E-state index contributed by atoms with van der Waals surface area (Å²) < 4.78 is 1.62. The van der Waals surface area contributed by atoms with E-state index in [-0.39, 0.29) is 17.7 Å².